The molecule has 0 spiro atoms. The highest BCUT2D eigenvalue weighted by Crippen LogP contribution is 2.00. The third-order valence-electron chi connectivity index (χ3n) is 2.76. The Hall–Kier alpha value is -2.31. The van der Waals surface area contributed by atoms with E-state index < -0.39 is 5.97 Å². The first-order chi connectivity index (χ1) is 10.1. The Balaban J connectivity index is 2.39. The number of hydrogen-bond acceptors (Lipinski definition) is 5. The van der Waals surface area contributed by atoms with E-state index in [1.165, 1.54) is 24.3 Å². The van der Waals surface area contributed by atoms with Crippen molar-refractivity contribution in [1.82, 2.24) is 10.2 Å². The second-order valence-corrected chi connectivity index (χ2v) is 4.37. The highest BCUT2D eigenvalue weighted by Gasteiger charge is 2.17. The van der Waals surface area contributed by atoms with Gasteiger partial charge in [-0.3, -0.25) is 14.4 Å². The van der Waals surface area contributed by atoms with E-state index in [2.05, 4.69) is 10.1 Å². The minimum Gasteiger partial charge on any atom is -0.468 e. The molecule has 1 aromatic heterocycles. The molecule has 116 valence electrons. The average Bonchev–Trinajstić information content (AvgIpc) is 3.00. The molecule has 0 bridgehead atoms. The van der Waals surface area contributed by atoms with Crippen molar-refractivity contribution in [2.75, 3.05) is 26.7 Å². The molecule has 7 heteroatoms. The zero-order valence-corrected chi connectivity index (χ0v) is 12.3. The summed E-state index contributed by atoms with van der Waals surface area (Å²) in [6.45, 7) is 2.49. The Kier molecular flexibility index (Phi) is 7.00. The van der Waals surface area contributed by atoms with Gasteiger partial charge in [0.2, 0.25) is 5.91 Å². The van der Waals surface area contributed by atoms with Crippen molar-refractivity contribution in [3.8, 4) is 0 Å². The van der Waals surface area contributed by atoms with Crippen LogP contribution in [-0.4, -0.2) is 49.4 Å². The van der Waals surface area contributed by atoms with Crippen LogP contribution >= 0.6 is 0 Å². The van der Waals surface area contributed by atoms with Crippen LogP contribution in [-0.2, 0) is 14.3 Å². The summed E-state index contributed by atoms with van der Waals surface area (Å²) in [5.74, 6) is -0.844. The van der Waals surface area contributed by atoms with Crippen LogP contribution in [0, 0.1) is 0 Å². The normalized spacial score (nSPS) is 10.0. The molecule has 1 rings (SSSR count). The third-order valence-corrected chi connectivity index (χ3v) is 2.76. The zero-order valence-electron chi connectivity index (χ0n) is 12.3. The lowest BCUT2D eigenvalue weighted by molar-refractivity contribution is -0.147. The molecule has 1 heterocycles. The summed E-state index contributed by atoms with van der Waals surface area (Å²) in [6.07, 6.45) is 2.25. The van der Waals surface area contributed by atoms with Crippen LogP contribution in [0.5, 0.6) is 0 Å². The first-order valence-corrected chi connectivity index (χ1v) is 6.74. The summed E-state index contributed by atoms with van der Waals surface area (Å²) < 4.78 is 9.49. The Labute approximate surface area is 123 Å². The maximum Gasteiger partial charge on any atom is 0.325 e. The van der Waals surface area contributed by atoms with Gasteiger partial charge in [0.25, 0.3) is 5.91 Å². The molecule has 0 unspecified atom stereocenters. The molecule has 1 aromatic rings. The monoisotopic (exact) mass is 296 g/mol. The first kappa shape index (κ1) is 16.7. The van der Waals surface area contributed by atoms with Gasteiger partial charge in [-0.25, -0.2) is 0 Å². The number of carbonyl (C=O) groups excluding carboxylic acids is 3. The van der Waals surface area contributed by atoms with Gasteiger partial charge in [0.15, 0.2) is 5.76 Å². The number of carbonyl (C=O) groups is 3. The molecule has 0 aliphatic rings. The standard InChI is InChI=1S/C14H20N2O5/c1-3-8-16(10-13(18)20-2)12(17)6-7-15-14(19)11-5-4-9-21-11/h4-5,9H,3,6-8,10H2,1-2H3,(H,15,19). The van der Waals surface area contributed by atoms with Gasteiger partial charge in [-0.2, -0.15) is 0 Å². The number of furan rings is 1. The Bertz CT molecular complexity index is 470. The van der Waals surface area contributed by atoms with Crippen LogP contribution in [0.15, 0.2) is 22.8 Å². The van der Waals surface area contributed by atoms with Gasteiger partial charge in [0.05, 0.1) is 13.4 Å². The summed E-state index contributed by atoms with van der Waals surface area (Å²) in [6, 6.07) is 3.15. The van der Waals surface area contributed by atoms with Crippen molar-refractivity contribution in [2.24, 2.45) is 0 Å². The molecule has 7 nitrogen and oxygen atoms in total. The number of ether oxygens (including phenoxy) is 1. The van der Waals surface area contributed by atoms with Crippen molar-refractivity contribution < 1.29 is 23.5 Å². The third kappa shape index (κ3) is 5.68. The molecule has 0 aromatic carbocycles. The molecule has 21 heavy (non-hydrogen) atoms. The van der Waals surface area contributed by atoms with Crippen LogP contribution in [0.4, 0.5) is 0 Å². The van der Waals surface area contributed by atoms with E-state index in [4.69, 9.17) is 4.42 Å². The molecule has 0 radical (unpaired) electrons. The van der Waals surface area contributed by atoms with Crippen molar-refractivity contribution in [1.29, 1.82) is 0 Å². The predicted molar refractivity (Wildman–Crippen MR) is 74.5 cm³/mol. The summed E-state index contributed by atoms with van der Waals surface area (Å²) in [4.78, 5) is 36.3. The van der Waals surface area contributed by atoms with Gasteiger partial charge in [-0.05, 0) is 18.6 Å². The van der Waals surface area contributed by atoms with E-state index >= 15 is 0 Å². The maximum absolute atomic E-state index is 12.0. The number of amides is 2. The lowest BCUT2D eigenvalue weighted by Gasteiger charge is -2.20. The van der Waals surface area contributed by atoms with Crippen LogP contribution in [0.1, 0.15) is 30.3 Å². The molecular formula is C14H20N2O5. The summed E-state index contributed by atoms with van der Waals surface area (Å²) in [5.41, 5.74) is 0. The Morgan fingerprint density at radius 3 is 2.71 bits per heavy atom. The fourth-order valence-corrected chi connectivity index (χ4v) is 1.72. The lowest BCUT2D eigenvalue weighted by Crippen LogP contribution is -2.38. The SMILES string of the molecule is CCCN(CC(=O)OC)C(=O)CCNC(=O)c1ccco1. The summed E-state index contributed by atoms with van der Waals surface area (Å²) in [5, 5.41) is 2.58. The maximum atomic E-state index is 12.0. The first-order valence-electron chi connectivity index (χ1n) is 6.74. The van der Waals surface area contributed by atoms with E-state index in [0.29, 0.717) is 6.54 Å². The molecular weight excluding hydrogens is 276 g/mol. The van der Waals surface area contributed by atoms with Crippen LogP contribution < -0.4 is 5.32 Å². The molecule has 0 saturated carbocycles. The second kappa shape index (κ2) is 8.78. The number of hydrogen-bond donors (Lipinski definition) is 1. The van der Waals surface area contributed by atoms with E-state index in [0.717, 1.165) is 6.42 Å². The molecule has 0 aliphatic carbocycles. The van der Waals surface area contributed by atoms with Gasteiger partial charge < -0.3 is 19.4 Å². The van der Waals surface area contributed by atoms with Crippen LogP contribution in [0.2, 0.25) is 0 Å². The Morgan fingerprint density at radius 2 is 2.14 bits per heavy atom. The van der Waals surface area contributed by atoms with Gasteiger partial charge in [0.1, 0.15) is 6.54 Å². The zero-order chi connectivity index (χ0) is 15.7. The average molecular weight is 296 g/mol. The quantitative estimate of drug-likeness (QED) is 0.717. The minimum absolute atomic E-state index is 0.0741. The van der Waals surface area contributed by atoms with Gasteiger partial charge in [0, 0.05) is 19.5 Å². The van der Waals surface area contributed by atoms with Crippen molar-refractivity contribution >= 4 is 17.8 Å². The number of methoxy groups -OCH3 is 1. The summed E-state index contributed by atoms with van der Waals surface area (Å²) in [7, 11) is 1.28. The molecule has 2 amide bonds. The molecule has 0 saturated heterocycles. The largest absolute Gasteiger partial charge is 0.468 e. The van der Waals surface area contributed by atoms with Gasteiger partial charge in [-0.1, -0.05) is 6.92 Å². The fraction of sp³-hybridized carbons (Fsp3) is 0.500. The number of esters is 1. The van der Waals surface area contributed by atoms with Crippen molar-refractivity contribution in [3.05, 3.63) is 24.2 Å². The van der Waals surface area contributed by atoms with E-state index in [1.807, 2.05) is 6.92 Å². The smallest absolute Gasteiger partial charge is 0.325 e. The topological polar surface area (TPSA) is 88.9 Å². The molecule has 1 N–H and O–H groups in total. The number of nitrogens with one attached hydrogen (secondary N) is 1. The fourth-order valence-electron chi connectivity index (χ4n) is 1.72. The van der Waals surface area contributed by atoms with E-state index in [9.17, 15) is 14.4 Å². The van der Waals surface area contributed by atoms with Crippen molar-refractivity contribution in [2.45, 2.75) is 19.8 Å². The highest BCUT2D eigenvalue weighted by molar-refractivity contribution is 5.91. The molecule has 0 aliphatic heterocycles. The van der Waals surface area contributed by atoms with Gasteiger partial charge >= 0.3 is 5.97 Å². The number of nitrogens with zero attached hydrogens (tertiary/aromatic N) is 1. The number of rotatable bonds is 8. The molecule has 0 atom stereocenters. The lowest BCUT2D eigenvalue weighted by atomic mass is 10.3. The highest BCUT2D eigenvalue weighted by atomic mass is 16.5. The molecule has 0 fully saturated rings. The van der Waals surface area contributed by atoms with Gasteiger partial charge in [-0.15, -0.1) is 0 Å². The van der Waals surface area contributed by atoms with E-state index in [1.54, 1.807) is 6.07 Å². The summed E-state index contributed by atoms with van der Waals surface area (Å²) >= 11 is 0. The van der Waals surface area contributed by atoms with Crippen LogP contribution in [0.25, 0.3) is 0 Å². The minimum atomic E-state index is -0.462. The predicted octanol–water partition coefficient (Wildman–Crippen LogP) is 0.811. The Morgan fingerprint density at radius 1 is 1.38 bits per heavy atom. The second-order valence-electron chi connectivity index (χ2n) is 4.37. The van der Waals surface area contributed by atoms with Crippen LogP contribution in [0.3, 0.4) is 0 Å². The van der Waals surface area contributed by atoms with Crippen molar-refractivity contribution in [3.63, 3.8) is 0 Å². The van der Waals surface area contributed by atoms with E-state index in [-0.39, 0.29) is 37.1 Å².